The summed E-state index contributed by atoms with van der Waals surface area (Å²) in [7, 11) is 1.49. The number of methoxy groups -OCH3 is 1. The van der Waals surface area contributed by atoms with E-state index in [9.17, 15) is 10.1 Å². The summed E-state index contributed by atoms with van der Waals surface area (Å²) in [5, 5.41) is 16.6. The van der Waals surface area contributed by atoms with Crippen molar-refractivity contribution in [2.45, 2.75) is 6.42 Å². The van der Waals surface area contributed by atoms with Gasteiger partial charge in [-0.15, -0.1) is 0 Å². The lowest BCUT2D eigenvalue weighted by molar-refractivity contribution is -0.112. The van der Waals surface area contributed by atoms with Gasteiger partial charge in [-0.1, -0.05) is 29.8 Å². The van der Waals surface area contributed by atoms with Gasteiger partial charge in [0.15, 0.2) is 0 Å². The molecule has 0 spiro atoms. The number of nitrogens with one attached hydrogen (secondary N) is 3. The molecule has 3 N–H and O–H groups in total. The molecule has 142 valence electrons. The maximum atomic E-state index is 12.4. The van der Waals surface area contributed by atoms with Gasteiger partial charge in [0.2, 0.25) is 0 Å². The third-order valence-corrected chi connectivity index (χ3v) is 4.47. The van der Waals surface area contributed by atoms with Gasteiger partial charge in [-0.25, -0.2) is 0 Å². The van der Waals surface area contributed by atoms with Gasteiger partial charge in [-0.05, 0) is 36.2 Å². The summed E-state index contributed by atoms with van der Waals surface area (Å²) in [4.78, 5) is 15.6. The van der Waals surface area contributed by atoms with Crippen molar-refractivity contribution in [1.29, 1.82) is 5.26 Å². The topological polar surface area (TPSA) is 89.9 Å². The Labute approximate surface area is 167 Å². The van der Waals surface area contributed by atoms with Crippen molar-refractivity contribution in [1.82, 2.24) is 10.3 Å². The first kappa shape index (κ1) is 19.3. The average molecular weight is 395 g/mol. The molecule has 0 saturated heterocycles. The van der Waals surface area contributed by atoms with Gasteiger partial charge in [-0.2, -0.15) is 5.26 Å². The highest BCUT2D eigenvalue weighted by Crippen LogP contribution is 2.28. The second-order valence-electron chi connectivity index (χ2n) is 6.03. The molecule has 3 aromatic rings. The molecule has 7 heteroatoms. The van der Waals surface area contributed by atoms with E-state index >= 15 is 0 Å². The van der Waals surface area contributed by atoms with Crippen LogP contribution in [0, 0.1) is 11.3 Å². The predicted molar refractivity (Wildman–Crippen MR) is 110 cm³/mol. The van der Waals surface area contributed by atoms with Crippen LogP contribution in [0.4, 0.5) is 5.69 Å². The van der Waals surface area contributed by atoms with Gasteiger partial charge in [0.1, 0.15) is 17.4 Å². The predicted octanol–water partition coefficient (Wildman–Crippen LogP) is 4.01. The van der Waals surface area contributed by atoms with Gasteiger partial charge in [0, 0.05) is 34.9 Å². The first-order chi connectivity index (χ1) is 13.6. The van der Waals surface area contributed by atoms with Crippen LogP contribution in [-0.4, -0.2) is 24.5 Å². The van der Waals surface area contributed by atoms with Crippen LogP contribution in [0.2, 0.25) is 5.02 Å². The molecule has 0 atom stereocenters. The van der Waals surface area contributed by atoms with Crippen LogP contribution < -0.4 is 15.4 Å². The van der Waals surface area contributed by atoms with E-state index in [-0.39, 0.29) is 5.57 Å². The Morgan fingerprint density at radius 2 is 2.14 bits per heavy atom. The van der Waals surface area contributed by atoms with Crippen molar-refractivity contribution in [3.63, 3.8) is 0 Å². The third kappa shape index (κ3) is 4.45. The van der Waals surface area contributed by atoms with Crippen LogP contribution in [0.15, 0.2) is 60.4 Å². The van der Waals surface area contributed by atoms with Crippen molar-refractivity contribution >= 4 is 34.1 Å². The third-order valence-electron chi connectivity index (χ3n) is 4.23. The Morgan fingerprint density at radius 3 is 2.93 bits per heavy atom. The monoisotopic (exact) mass is 394 g/mol. The number of ether oxygens (including phenoxy) is 1. The van der Waals surface area contributed by atoms with Crippen LogP contribution >= 0.6 is 11.6 Å². The van der Waals surface area contributed by atoms with Crippen LogP contribution in [0.3, 0.4) is 0 Å². The van der Waals surface area contributed by atoms with E-state index in [0.717, 1.165) is 11.9 Å². The molecular formula is C21H19ClN4O2. The molecule has 6 nitrogen and oxygen atoms in total. The fourth-order valence-electron chi connectivity index (χ4n) is 2.84. The van der Waals surface area contributed by atoms with Crippen LogP contribution in [0.1, 0.15) is 5.56 Å². The Morgan fingerprint density at radius 1 is 1.32 bits per heavy atom. The van der Waals surface area contributed by atoms with Crippen LogP contribution in [-0.2, 0) is 11.2 Å². The standard InChI is InChI=1S/C21H19ClN4O2/c1-28-20-7-6-16(22)10-19(20)26-21(27)15(11-23)12-24-9-8-14-13-25-18-5-3-2-4-17(14)18/h2-7,10,12-13,24-25H,8-9H2,1H3,(H,26,27)/b15-12-. The summed E-state index contributed by atoms with van der Waals surface area (Å²) in [6.45, 7) is 0.584. The lowest BCUT2D eigenvalue weighted by Gasteiger charge is -2.10. The maximum Gasteiger partial charge on any atom is 0.267 e. The molecule has 0 fully saturated rings. The number of nitrogens with zero attached hydrogens (tertiary/aromatic N) is 1. The molecule has 1 heterocycles. The smallest absolute Gasteiger partial charge is 0.267 e. The van der Waals surface area contributed by atoms with Gasteiger partial charge in [0.25, 0.3) is 5.91 Å². The first-order valence-electron chi connectivity index (χ1n) is 8.66. The van der Waals surface area contributed by atoms with E-state index in [1.807, 2.05) is 30.5 Å². The number of carbonyl (C=O) groups is 1. The molecule has 0 radical (unpaired) electrons. The number of aromatic amines is 1. The number of hydrogen-bond donors (Lipinski definition) is 3. The minimum absolute atomic E-state index is 0.0408. The maximum absolute atomic E-state index is 12.4. The van der Waals surface area contributed by atoms with E-state index in [1.165, 1.54) is 24.3 Å². The fraction of sp³-hybridized carbons (Fsp3) is 0.143. The summed E-state index contributed by atoms with van der Waals surface area (Å²) in [5.41, 5.74) is 2.62. The van der Waals surface area contributed by atoms with Crippen LogP contribution in [0.5, 0.6) is 5.75 Å². The Hall–Kier alpha value is -3.43. The summed E-state index contributed by atoms with van der Waals surface area (Å²) in [6, 6.07) is 14.8. The zero-order valence-corrected chi connectivity index (χ0v) is 16.0. The molecule has 0 aliphatic heterocycles. The Balaban J connectivity index is 1.61. The van der Waals surface area contributed by atoms with Gasteiger partial charge < -0.3 is 20.4 Å². The van der Waals surface area contributed by atoms with Gasteiger partial charge >= 0.3 is 0 Å². The molecule has 0 aliphatic rings. The highest BCUT2D eigenvalue weighted by molar-refractivity contribution is 6.31. The molecule has 1 aromatic heterocycles. The molecule has 0 bridgehead atoms. The fourth-order valence-corrected chi connectivity index (χ4v) is 3.01. The normalized spacial score (nSPS) is 11.1. The molecule has 0 saturated carbocycles. The second kappa shape index (κ2) is 8.98. The van der Waals surface area contributed by atoms with Gasteiger partial charge in [0.05, 0.1) is 12.8 Å². The van der Waals surface area contributed by atoms with E-state index in [4.69, 9.17) is 16.3 Å². The van der Waals surface area contributed by atoms with Crippen LogP contribution in [0.25, 0.3) is 10.9 Å². The zero-order chi connectivity index (χ0) is 19.9. The van der Waals surface area contributed by atoms with Gasteiger partial charge in [-0.3, -0.25) is 4.79 Å². The summed E-state index contributed by atoms with van der Waals surface area (Å²) in [6.07, 6.45) is 4.14. The number of benzene rings is 2. The highest BCUT2D eigenvalue weighted by atomic mass is 35.5. The van der Waals surface area contributed by atoms with Crippen molar-refractivity contribution in [2.75, 3.05) is 19.0 Å². The quantitative estimate of drug-likeness (QED) is 0.321. The lowest BCUT2D eigenvalue weighted by atomic mass is 10.1. The van der Waals surface area contributed by atoms with Crippen molar-refractivity contribution in [3.05, 3.63) is 71.0 Å². The lowest BCUT2D eigenvalue weighted by Crippen LogP contribution is -2.18. The summed E-state index contributed by atoms with van der Waals surface area (Å²) < 4.78 is 5.20. The number of nitriles is 1. The number of H-pyrrole nitrogens is 1. The summed E-state index contributed by atoms with van der Waals surface area (Å²) >= 11 is 5.96. The number of hydrogen-bond acceptors (Lipinski definition) is 4. The molecule has 1 amide bonds. The number of fused-ring (bicyclic) bond motifs is 1. The van der Waals surface area contributed by atoms with E-state index < -0.39 is 5.91 Å². The minimum Gasteiger partial charge on any atom is -0.495 e. The Bertz CT molecular complexity index is 1070. The second-order valence-corrected chi connectivity index (χ2v) is 6.47. The number of aromatic nitrogens is 1. The largest absolute Gasteiger partial charge is 0.495 e. The first-order valence-corrected chi connectivity index (χ1v) is 9.03. The number of para-hydroxylation sites is 1. The van der Waals surface area contributed by atoms with E-state index in [1.54, 1.807) is 18.2 Å². The molecule has 2 aromatic carbocycles. The number of anilines is 1. The van der Waals surface area contributed by atoms with E-state index in [2.05, 4.69) is 21.7 Å². The minimum atomic E-state index is -0.539. The Kier molecular flexibility index (Phi) is 6.20. The number of carbonyl (C=O) groups excluding carboxylic acids is 1. The summed E-state index contributed by atoms with van der Waals surface area (Å²) in [5.74, 6) is -0.0787. The molecular weight excluding hydrogens is 376 g/mol. The number of halogens is 1. The molecule has 0 aliphatic carbocycles. The van der Waals surface area contributed by atoms with Crippen molar-refractivity contribution in [2.24, 2.45) is 0 Å². The van der Waals surface area contributed by atoms with Crippen molar-refractivity contribution in [3.8, 4) is 11.8 Å². The highest BCUT2D eigenvalue weighted by Gasteiger charge is 2.12. The molecule has 0 unspecified atom stereocenters. The number of rotatable bonds is 7. The molecule has 3 rings (SSSR count). The number of amides is 1. The van der Waals surface area contributed by atoms with Crippen molar-refractivity contribution < 1.29 is 9.53 Å². The SMILES string of the molecule is COc1ccc(Cl)cc1NC(=O)/C(C#N)=C\NCCc1c[nH]c2ccccc12. The molecule has 28 heavy (non-hydrogen) atoms. The zero-order valence-electron chi connectivity index (χ0n) is 15.3. The average Bonchev–Trinajstić information content (AvgIpc) is 3.11. The van der Waals surface area contributed by atoms with E-state index in [0.29, 0.717) is 23.0 Å².